The molecule has 0 aliphatic carbocycles. The molecule has 0 saturated heterocycles. The summed E-state index contributed by atoms with van der Waals surface area (Å²) in [4.78, 5) is 16.0. The third-order valence-corrected chi connectivity index (χ3v) is 3.52. The molecular weight excluding hydrogens is 329 g/mol. The zero-order valence-corrected chi connectivity index (χ0v) is 12.2. The Balaban J connectivity index is 2.27. The molecule has 1 aliphatic heterocycles. The lowest BCUT2D eigenvalue weighted by molar-refractivity contribution is -0.142. The molecule has 1 aliphatic rings. The number of rotatable bonds is 2. The van der Waals surface area contributed by atoms with Crippen LogP contribution in [0.15, 0.2) is 36.0 Å². The van der Waals surface area contributed by atoms with Gasteiger partial charge in [0.2, 0.25) is 11.8 Å². The Morgan fingerprint density at radius 2 is 2.21 bits per heavy atom. The van der Waals surface area contributed by atoms with Crippen LogP contribution in [-0.2, 0) is 15.7 Å². The van der Waals surface area contributed by atoms with Crippen LogP contribution in [0.3, 0.4) is 0 Å². The number of esters is 1. The highest BCUT2D eigenvalue weighted by Crippen LogP contribution is 2.47. The second-order valence-corrected chi connectivity index (χ2v) is 4.91. The molecule has 0 radical (unpaired) electrons. The summed E-state index contributed by atoms with van der Waals surface area (Å²) in [6, 6.07) is 3.05. The zero-order valence-electron chi connectivity index (χ0n) is 12.2. The Labute approximate surface area is 133 Å². The molecule has 126 valence electrons. The summed E-state index contributed by atoms with van der Waals surface area (Å²) in [7, 11) is 1.10. The van der Waals surface area contributed by atoms with Crippen molar-refractivity contribution in [3.8, 4) is 5.88 Å². The Morgan fingerprint density at radius 3 is 2.79 bits per heavy atom. The summed E-state index contributed by atoms with van der Waals surface area (Å²) in [5, 5.41) is 5.41. The molecule has 0 amide bonds. The molecule has 3 N–H and O–H groups in total. The number of ether oxygens (including phenoxy) is 2. The van der Waals surface area contributed by atoms with Crippen molar-refractivity contribution >= 4 is 5.97 Å². The minimum atomic E-state index is -4.72. The first-order valence-corrected chi connectivity index (χ1v) is 6.65. The molecular formula is C14H11F3N4O3. The summed E-state index contributed by atoms with van der Waals surface area (Å²) < 4.78 is 49.6. The number of hydrogen-bond donors (Lipinski definition) is 2. The summed E-state index contributed by atoms with van der Waals surface area (Å²) in [5.74, 6) is -2.80. The number of fused-ring (bicyclic) bond motifs is 1. The molecule has 2 aromatic heterocycles. The van der Waals surface area contributed by atoms with Crippen molar-refractivity contribution in [3.05, 3.63) is 52.8 Å². The number of alkyl halides is 3. The number of aromatic amines is 1. The molecule has 3 heterocycles. The maximum Gasteiger partial charge on any atom is 0.433 e. The lowest BCUT2D eigenvalue weighted by Gasteiger charge is -2.26. The molecule has 0 bridgehead atoms. The number of nitrogens with one attached hydrogen (secondary N) is 1. The average molecular weight is 340 g/mol. The Morgan fingerprint density at radius 1 is 1.46 bits per heavy atom. The Kier molecular flexibility index (Phi) is 3.66. The van der Waals surface area contributed by atoms with Gasteiger partial charge in [-0.05, 0) is 11.6 Å². The average Bonchev–Trinajstić information content (AvgIpc) is 2.97. The summed E-state index contributed by atoms with van der Waals surface area (Å²) in [6.07, 6.45) is -1.93. The largest absolute Gasteiger partial charge is 0.465 e. The third kappa shape index (κ3) is 2.45. The van der Waals surface area contributed by atoms with E-state index in [4.69, 9.17) is 10.5 Å². The third-order valence-electron chi connectivity index (χ3n) is 3.52. The van der Waals surface area contributed by atoms with Gasteiger partial charge in [-0.2, -0.15) is 13.2 Å². The van der Waals surface area contributed by atoms with Crippen molar-refractivity contribution in [1.82, 2.24) is 15.2 Å². The van der Waals surface area contributed by atoms with Crippen LogP contribution >= 0.6 is 0 Å². The SMILES string of the molecule is COC(=O)C1=C(N)Oc2n[nH]c(C(F)(F)F)c2[C@H]1c1cccnc1. The van der Waals surface area contributed by atoms with Gasteiger partial charge >= 0.3 is 12.1 Å². The number of nitrogens with zero attached hydrogens (tertiary/aromatic N) is 2. The maximum atomic E-state index is 13.3. The molecule has 1 atom stereocenters. The number of carbonyl (C=O) groups is 1. The highest BCUT2D eigenvalue weighted by atomic mass is 19.4. The van der Waals surface area contributed by atoms with E-state index in [0.29, 0.717) is 5.56 Å². The molecule has 2 aromatic rings. The van der Waals surface area contributed by atoms with Gasteiger partial charge in [0.15, 0.2) is 0 Å². The van der Waals surface area contributed by atoms with Crippen LogP contribution in [0, 0.1) is 0 Å². The Hall–Kier alpha value is -3.04. The minimum absolute atomic E-state index is 0.245. The molecule has 0 fully saturated rings. The van der Waals surface area contributed by atoms with Gasteiger partial charge in [0.25, 0.3) is 0 Å². The van der Waals surface area contributed by atoms with Crippen LogP contribution in [0.5, 0.6) is 5.88 Å². The smallest absolute Gasteiger partial charge is 0.433 e. The highest BCUT2D eigenvalue weighted by Gasteiger charge is 2.46. The number of hydrogen-bond acceptors (Lipinski definition) is 6. The van der Waals surface area contributed by atoms with E-state index in [-0.39, 0.29) is 22.9 Å². The van der Waals surface area contributed by atoms with E-state index in [9.17, 15) is 18.0 Å². The van der Waals surface area contributed by atoms with E-state index in [0.717, 1.165) is 7.11 Å². The Bertz CT molecular complexity index is 814. The van der Waals surface area contributed by atoms with Crippen molar-refractivity contribution in [2.24, 2.45) is 5.73 Å². The topological polar surface area (TPSA) is 103 Å². The normalized spacial score (nSPS) is 17.2. The van der Waals surface area contributed by atoms with Crippen LogP contribution in [0.2, 0.25) is 0 Å². The number of methoxy groups -OCH3 is 1. The van der Waals surface area contributed by atoms with Crippen molar-refractivity contribution in [2.45, 2.75) is 12.1 Å². The van der Waals surface area contributed by atoms with Crippen LogP contribution in [0.4, 0.5) is 13.2 Å². The van der Waals surface area contributed by atoms with E-state index >= 15 is 0 Å². The molecule has 0 aromatic carbocycles. The van der Waals surface area contributed by atoms with Gasteiger partial charge in [0.1, 0.15) is 11.3 Å². The molecule has 10 heteroatoms. The van der Waals surface area contributed by atoms with Crippen LogP contribution in [0.25, 0.3) is 0 Å². The fourth-order valence-corrected chi connectivity index (χ4v) is 2.55. The summed E-state index contributed by atoms with van der Waals surface area (Å²) >= 11 is 0. The molecule has 0 unspecified atom stereocenters. The summed E-state index contributed by atoms with van der Waals surface area (Å²) in [5.41, 5.74) is 4.32. The molecule has 7 nitrogen and oxygen atoms in total. The van der Waals surface area contributed by atoms with Crippen molar-refractivity contribution in [2.75, 3.05) is 7.11 Å². The number of H-pyrrole nitrogens is 1. The van der Waals surface area contributed by atoms with Crippen molar-refractivity contribution < 1.29 is 27.4 Å². The first kappa shape index (κ1) is 15.8. The second-order valence-electron chi connectivity index (χ2n) is 4.91. The lowest BCUT2D eigenvalue weighted by Crippen LogP contribution is -2.28. The van der Waals surface area contributed by atoms with Gasteiger partial charge < -0.3 is 15.2 Å². The summed E-state index contributed by atoms with van der Waals surface area (Å²) in [6.45, 7) is 0. The van der Waals surface area contributed by atoms with Crippen LogP contribution in [0.1, 0.15) is 22.7 Å². The van der Waals surface area contributed by atoms with E-state index in [2.05, 4.69) is 14.8 Å². The molecule has 0 spiro atoms. The first-order valence-electron chi connectivity index (χ1n) is 6.65. The van der Waals surface area contributed by atoms with Gasteiger partial charge in [-0.1, -0.05) is 6.07 Å². The van der Waals surface area contributed by atoms with Gasteiger partial charge in [-0.25, -0.2) is 4.79 Å². The van der Waals surface area contributed by atoms with E-state index in [1.54, 1.807) is 0 Å². The number of pyridine rings is 1. The second kappa shape index (κ2) is 5.55. The monoisotopic (exact) mass is 340 g/mol. The molecule has 0 saturated carbocycles. The van der Waals surface area contributed by atoms with E-state index in [1.165, 1.54) is 24.5 Å². The van der Waals surface area contributed by atoms with Crippen molar-refractivity contribution in [1.29, 1.82) is 0 Å². The van der Waals surface area contributed by atoms with Crippen molar-refractivity contribution in [3.63, 3.8) is 0 Å². The van der Waals surface area contributed by atoms with Crippen LogP contribution in [-0.4, -0.2) is 28.3 Å². The van der Waals surface area contributed by atoms with Crippen LogP contribution < -0.4 is 10.5 Å². The number of aromatic nitrogens is 3. The maximum absolute atomic E-state index is 13.3. The van der Waals surface area contributed by atoms with Gasteiger partial charge in [0, 0.05) is 12.4 Å². The predicted molar refractivity (Wildman–Crippen MR) is 73.5 cm³/mol. The predicted octanol–water partition coefficient (Wildman–Crippen LogP) is 1.69. The molecule has 24 heavy (non-hydrogen) atoms. The minimum Gasteiger partial charge on any atom is -0.465 e. The van der Waals surface area contributed by atoms with E-state index < -0.39 is 23.8 Å². The highest BCUT2D eigenvalue weighted by molar-refractivity contribution is 5.92. The fraction of sp³-hybridized carbons (Fsp3) is 0.214. The number of halogens is 3. The van der Waals surface area contributed by atoms with E-state index in [1.807, 2.05) is 5.10 Å². The quantitative estimate of drug-likeness (QED) is 0.807. The standard InChI is InChI=1S/C14H11F3N4O3/c1-23-13(22)9-7(6-3-2-4-19-5-6)8-10(14(15,16)17)20-21-12(8)24-11(9)18/h2-5,7H,18H2,1H3,(H,20,21)/t7-/m1/s1. The number of carbonyl (C=O) groups excluding carboxylic acids is 1. The molecule has 3 rings (SSSR count). The zero-order chi connectivity index (χ0) is 17.5. The van der Waals surface area contributed by atoms with Gasteiger partial charge in [0.05, 0.1) is 18.6 Å². The first-order chi connectivity index (χ1) is 11.3. The number of nitrogens with two attached hydrogens (primary N) is 1. The lowest BCUT2D eigenvalue weighted by atomic mass is 9.84. The van der Waals surface area contributed by atoms with Gasteiger partial charge in [-0.3, -0.25) is 10.1 Å². The fourth-order valence-electron chi connectivity index (χ4n) is 2.55. The van der Waals surface area contributed by atoms with Gasteiger partial charge in [-0.15, -0.1) is 5.10 Å².